The second-order valence-electron chi connectivity index (χ2n) is 5.90. The van der Waals surface area contributed by atoms with E-state index in [2.05, 4.69) is 17.6 Å². The molecule has 0 aromatic heterocycles. The molecule has 0 bridgehead atoms. The molecule has 3 rings (SSSR count). The van der Waals surface area contributed by atoms with Crippen molar-refractivity contribution in [1.29, 1.82) is 0 Å². The zero-order valence-corrected chi connectivity index (χ0v) is 14.3. The second-order valence-corrected chi connectivity index (χ2v) is 5.90. The third-order valence-corrected chi connectivity index (χ3v) is 4.40. The van der Waals surface area contributed by atoms with Crippen molar-refractivity contribution in [2.45, 2.75) is 32.2 Å². The number of halogens is 1. The zero-order chi connectivity index (χ0) is 15.4. The number of piperidine rings is 1. The molecule has 0 saturated carbocycles. The molecule has 2 aliphatic heterocycles. The van der Waals surface area contributed by atoms with Gasteiger partial charge in [0.2, 0.25) is 5.91 Å². The van der Waals surface area contributed by atoms with Gasteiger partial charge >= 0.3 is 0 Å². The maximum atomic E-state index is 12.4. The van der Waals surface area contributed by atoms with Crippen LogP contribution in [0, 0.1) is 5.92 Å². The Hall–Kier alpha value is -1.46. The maximum Gasteiger partial charge on any atom is 0.223 e. The summed E-state index contributed by atoms with van der Waals surface area (Å²) in [5.41, 5.74) is 1.08. The van der Waals surface area contributed by atoms with Crippen LogP contribution in [0.25, 0.3) is 0 Å². The van der Waals surface area contributed by atoms with Crippen LogP contribution in [0.3, 0.4) is 0 Å². The largest absolute Gasteiger partial charge is 0.486 e. The van der Waals surface area contributed by atoms with Crippen molar-refractivity contribution in [2.75, 3.05) is 26.3 Å². The van der Waals surface area contributed by atoms with E-state index in [1.54, 1.807) is 0 Å². The molecule has 0 radical (unpaired) electrons. The fourth-order valence-corrected chi connectivity index (χ4v) is 3.07. The Kier molecular flexibility index (Phi) is 6.54. The van der Waals surface area contributed by atoms with E-state index in [1.807, 2.05) is 18.2 Å². The summed E-state index contributed by atoms with van der Waals surface area (Å²) < 4.78 is 11.2. The van der Waals surface area contributed by atoms with Crippen molar-refractivity contribution in [2.24, 2.45) is 5.92 Å². The SMILES string of the molecule is CCC(NC(=O)C1CCNCC1)c1ccc2c(c1)OCCO2.Cl. The fourth-order valence-electron chi connectivity index (χ4n) is 3.07. The third-order valence-electron chi connectivity index (χ3n) is 4.40. The standard InChI is InChI=1S/C17H24N2O3.ClH/c1-2-14(19-17(20)12-5-7-18-8-6-12)13-3-4-15-16(11-13)22-10-9-21-15;/h3-4,11-12,14,18H,2,5-10H2,1H3,(H,19,20);1H. The van der Waals surface area contributed by atoms with Crippen molar-refractivity contribution in [3.63, 3.8) is 0 Å². The summed E-state index contributed by atoms with van der Waals surface area (Å²) in [6.45, 7) is 5.12. The fraction of sp³-hybridized carbons (Fsp3) is 0.588. The topological polar surface area (TPSA) is 59.6 Å². The molecule has 1 amide bonds. The summed E-state index contributed by atoms with van der Waals surface area (Å²) in [5, 5.41) is 6.49. The van der Waals surface area contributed by atoms with E-state index < -0.39 is 0 Å². The van der Waals surface area contributed by atoms with Crippen molar-refractivity contribution in [3.8, 4) is 11.5 Å². The van der Waals surface area contributed by atoms with Gasteiger partial charge in [0.1, 0.15) is 13.2 Å². The zero-order valence-electron chi connectivity index (χ0n) is 13.5. The van der Waals surface area contributed by atoms with Crippen molar-refractivity contribution in [3.05, 3.63) is 23.8 Å². The average Bonchev–Trinajstić information content (AvgIpc) is 2.59. The molecule has 1 saturated heterocycles. The molecule has 6 heteroatoms. The summed E-state index contributed by atoms with van der Waals surface area (Å²) in [6.07, 6.45) is 2.70. The molecule has 1 unspecified atom stereocenters. The first-order valence-corrected chi connectivity index (χ1v) is 8.18. The Balaban J connectivity index is 0.00000192. The predicted octanol–water partition coefficient (Wildman–Crippen LogP) is 2.45. The highest BCUT2D eigenvalue weighted by Crippen LogP contribution is 2.33. The molecule has 1 aromatic rings. The van der Waals surface area contributed by atoms with Crippen LogP contribution < -0.4 is 20.1 Å². The first kappa shape index (κ1) is 17.9. The predicted molar refractivity (Wildman–Crippen MR) is 91.4 cm³/mol. The molecule has 2 aliphatic rings. The van der Waals surface area contributed by atoms with Gasteiger partial charge in [-0.05, 0) is 50.0 Å². The number of amides is 1. The van der Waals surface area contributed by atoms with Gasteiger partial charge < -0.3 is 20.1 Å². The average molecular weight is 341 g/mol. The molecule has 23 heavy (non-hydrogen) atoms. The first-order chi connectivity index (χ1) is 10.8. The molecule has 128 valence electrons. The lowest BCUT2D eigenvalue weighted by Crippen LogP contribution is -2.39. The van der Waals surface area contributed by atoms with Gasteiger partial charge in [-0.3, -0.25) is 4.79 Å². The number of rotatable bonds is 4. The summed E-state index contributed by atoms with van der Waals surface area (Å²) in [5.74, 6) is 1.86. The smallest absolute Gasteiger partial charge is 0.223 e. The van der Waals surface area contributed by atoms with Gasteiger partial charge in [0.25, 0.3) is 0 Å². The Morgan fingerprint density at radius 1 is 1.26 bits per heavy atom. The number of hydrogen-bond acceptors (Lipinski definition) is 4. The van der Waals surface area contributed by atoms with Crippen LogP contribution in [0.2, 0.25) is 0 Å². The summed E-state index contributed by atoms with van der Waals surface area (Å²) in [4.78, 5) is 12.4. The number of benzene rings is 1. The van der Waals surface area contributed by atoms with E-state index in [4.69, 9.17) is 9.47 Å². The van der Waals surface area contributed by atoms with Crippen LogP contribution in [-0.4, -0.2) is 32.2 Å². The Morgan fingerprint density at radius 3 is 2.65 bits per heavy atom. The quantitative estimate of drug-likeness (QED) is 0.884. The molecule has 1 atom stereocenters. The van der Waals surface area contributed by atoms with E-state index in [1.165, 1.54) is 0 Å². The molecule has 2 heterocycles. The number of nitrogens with one attached hydrogen (secondary N) is 2. The van der Waals surface area contributed by atoms with Gasteiger partial charge in [-0.25, -0.2) is 0 Å². The second kappa shape index (κ2) is 8.41. The van der Waals surface area contributed by atoms with Crippen molar-refractivity contribution in [1.82, 2.24) is 10.6 Å². The first-order valence-electron chi connectivity index (χ1n) is 8.18. The van der Waals surface area contributed by atoms with Gasteiger partial charge in [0.15, 0.2) is 11.5 Å². The van der Waals surface area contributed by atoms with E-state index in [0.29, 0.717) is 13.2 Å². The lowest BCUT2D eigenvalue weighted by Gasteiger charge is -2.26. The Morgan fingerprint density at radius 2 is 1.96 bits per heavy atom. The highest BCUT2D eigenvalue weighted by Gasteiger charge is 2.24. The number of carbonyl (C=O) groups excluding carboxylic acids is 1. The number of fused-ring (bicyclic) bond motifs is 1. The van der Waals surface area contributed by atoms with Crippen LogP contribution in [0.5, 0.6) is 11.5 Å². The van der Waals surface area contributed by atoms with Crippen molar-refractivity contribution >= 4 is 18.3 Å². The van der Waals surface area contributed by atoms with Crippen LogP contribution in [0.4, 0.5) is 0 Å². The maximum absolute atomic E-state index is 12.4. The third kappa shape index (κ3) is 4.30. The van der Waals surface area contributed by atoms with Gasteiger partial charge in [0.05, 0.1) is 6.04 Å². The monoisotopic (exact) mass is 340 g/mol. The van der Waals surface area contributed by atoms with Gasteiger partial charge in [-0.1, -0.05) is 13.0 Å². The Labute approximate surface area is 143 Å². The van der Waals surface area contributed by atoms with Crippen molar-refractivity contribution < 1.29 is 14.3 Å². The van der Waals surface area contributed by atoms with Gasteiger partial charge in [0, 0.05) is 5.92 Å². The van der Waals surface area contributed by atoms with Crippen LogP contribution in [0.15, 0.2) is 18.2 Å². The van der Waals surface area contributed by atoms with E-state index in [-0.39, 0.29) is 30.3 Å². The van der Waals surface area contributed by atoms with Crippen LogP contribution in [0.1, 0.15) is 37.8 Å². The Bertz CT molecular complexity index is 533. The number of carbonyl (C=O) groups is 1. The minimum atomic E-state index is 0. The highest BCUT2D eigenvalue weighted by molar-refractivity contribution is 5.85. The molecule has 0 aliphatic carbocycles. The molecular formula is C17H25ClN2O3. The van der Waals surface area contributed by atoms with E-state index in [0.717, 1.165) is 49.4 Å². The molecule has 5 nitrogen and oxygen atoms in total. The van der Waals surface area contributed by atoms with E-state index >= 15 is 0 Å². The van der Waals surface area contributed by atoms with Crippen LogP contribution in [-0.2, 0) is 4.79 Å². The molecule has 1 fully saturated rings. The van der Waals surface area contributed by atoms with Gasteiger partial charge in [-0.15, -0.1) is 12.4 Å². The lowest BCUT2D eigenvalue weighted by molar-refractivity contribution is -0.126. The van der Waals surface area contributed by atoms with Gasteiger partial charge in [-0.2, -0.15) is 0 Å². The normalized spacial score (nSPS) is 18.7. The lowest BCUT2D eigenvalue weighted by atomic mass is 9.95. The molecule has 2 N–H and O–H groups in total. The molecular weight excluding hydrogens is 316 g/mol. The van der Waals surface area contributed by atoms with E-state index in [9.17, 15) is 4.79 Å². The molecule has 0 spiro atoms. The minimum absolute atomic E-state index is 0. The minimum Gasteiger partial charge on any atom is -0.486 e. The number of ether oxygens (including phenoxy) is 2. The summed E-state index contributed by atoms with van der Waals surface area (Å²) in [6, 6.07) is 5.97. The highest BCUT2D eigenvalue weighted by atomic mass is 35.5. The summed E-state index contributed by atoms with van der Waals surface area (Å²) in [7, 11) is 0. The number of hydrogen-bond donors (Lipinski definition) is 2. The summed E-state index contributed by atoms with van der Waals surface area (Å²) >= 11 is 0. The van der Waals surface area contributed by atoms with Crippen LogP contribution >= 0.6 is 12.4 Å². The molecule has 1 aromatic carbocycles.